The molecule has 25 heavy (non-hydrogen) atoms. The van der Waals surface area contributed by atoms with Crippen molar-refractivity contribution in [1.82, 2.24) is 19.6 Å². The normalized spacial score (nSPS) is 24.5. The summed E-state index contributed by atoms with van der Waals surface area (Å²) in [6.07, 6.45) is 11.2. The average molecular weight is 372 g/mol. The summed E-state index contributed by atoms with van der Waals surface area (Å²) in [6, 6.07) is 0. The van der Waals surface area contributed by atoms with E-state index >= 15 is 0 Å². The van der Waals surface area contributed by atoms with Gasteiger partial charge in [0.15, 0.2) is 10.8 Å². The van der Waals surface area contributed by atoms with E-state index in [0.717, 1.165) is 17.2 Å². The number of dihydropyridines is 1. The highest BCUT2D eigenvalue weighted by Gasteiger charge is 2.44. The largest absolute Gasteiger partial charge is 0.274 e. The molecule has 0 saturated carbocycles. The Morgan fingerprint density at radius 2 is 2.24 bits per heavy atom. The fourth-order valence-corrected chi connectivity index (χ4v) is 6.14. The van der Waals surface area contributed by atoms with Crippen LogP contribution in [0.1, 0.15) is 57.1 Å². The van der Waals surface area contributed by atoms with Crippen molar-refractivity contribution < 1.29 is 0 Å². The summed E-state index contributed by atoms with van der Waals surface area (Å²) < 4.78 is 2.01. The second-order valence-corrected chi connectivity index (χ2v) is 8.76. The lowest BCUT2D eigenvalue weighted by Gasteiger charge is -2.26. The predicted octanol–water partition coefficient (Wildman–Crippen LogP) is 4.49. The smallest absolute Gasteiger partial charge is 0.196 e. The summed E-state index contributed by atoms with van der Waals surface area (Å²) in [5, 5.41) is 9.88. The van der Waals surface area contributed by atoms with Gasteiger partial charge in [0.1, 0.15) is 11.7 Å². The van der Waals surface area contributed by atoms with Crippen LogP contribution in [0.15, 0.2) is 32.5 Å². The maximum absolute atomic E-state index is 5.19. The van der Waals surface area contributed by atoms with Crippen LogP contribution < -0.4 is 0 Å². The van der Waals surface area contributed by atoms with Crippen LogP contribution in [-0.4, -0.2) is 36.9 Å². The van der Waals surface area contributed by atoms with E-state index in [9.17, 15) is 0 Å². The Kier molecular flexibility index (Phi) is 3.89. The average Bonchev–Trinajstić information content (AvgIpc) is 3.33. The Balaban J connectivity index is 1.62. The van der Waals surface area contributed by atoms with E-state index in [4.69, 9.17) is 9.98 Å². The zero-order valence-electron chi connectivity index (χ0n) is 14.5. The summed E-state index contributed by atoms with van der Waals surface area (Å²) in [6.45, 7) is 2.26. The highest BCUT2D eigenvalue weighted by atomic mass is 32.2. The molecule has 2 aromatic rings. The van der Waals surface area contributed by atoms with Gasteiger partial charge in [-0.05, 0) is 43.9 Å². The number of thioether (sulfide) groups is 2. The molecule has 4 heterocycles. The predicted molar refractivity (Wildman–Crippen MR) is 103 cm³/mol. The maximum atomic E-state index is 5.19. The summed E-state index contributed by atoms with van der Waals surface area (Å²) in [4.78, 5) is 11.2. The molecule has 2 atom stereocenters. The summed E-state index contributed by atoms with van der Waals surface area (Å²) in [7, 11) is 0. The molecule has 5 nitrogen and oxygen atoms in total. The SMILES string of the molecule is CCCCC1=N[C@@H]2Sc3c(ncn4c(SC)nnc34)[C@H]2C2=C1CCC2. The second-order valence-electron chi connectivity index (χ2n) is 6.86. The van der Waals surface area contributed by atoms with Crippen LogP contribution in [0.5, 0.6) is 0 Å². The Hall–Kier alpha value is -1.34. The molecule has 0 saturated heterocycles. The van der Waals surface area contributed by atoms with Crippen LogP contribution in [0.2, 0.25) is 0 Å². The van der Waals surface area contributed by atoms with Gasteiger partial charge in [-0.15, -0.1) is 10.2 Å². The minimum Gasteiger partial charge on any atom is -0.274 e. The lowest BCUT2D eigenvalue weighted by atomic mass is 9.87. The van der Waals surface area contributed by atoms with Crippen LogP contribution in [0.3, 0.4) is 0 Å². The van der Waals surface area contributed by atoms with E-state index < -0.39 is 0 Å². The number of hydrogen-bond acceptors (Lipinski definition) is 6. The van der Waals surface area contributed by atoms with Gasteiger partial charge in [-0.25, -0.2) is 4.98 Å². The van der Waals surface area contributed by atoms with Gasteiger partial charge in [-0.2, -0.15) is 0 Å². The zero-order chi connectivity index (χ0) is 17.0. The Labute approximate surface area is 155 Å². The van der Waals surface area contributed by atoms with E-state index in [-0.39, 0.29) is 5.37 Å². The Morgan fingerprint density at radius 1 is 1.32 bits per heavy atom. The zero-order valence-corrected chi connectivity index (χ0v) is 16.2. The standard InChI is InChI=1S/C18H21N5S2/c1-3-4-8-12-10-6-5-7-11(10)13-14-15(25-17(13)20-12)16-21-22-18(24-2)23(16)9-19-14/h9,13,17H,3-8H2,1-2H3/t13-,17-/m1/s1. The molecular weight excluding hydrogens is 350 g/mol. The molecular formula is C18H21N5S2. The van der Waals surface area contributed by atoms with Crippen molar-refractivity contribution >= 4 is 34.9 Å². The van der Waals surface area contributed by atoms with Crippen LogP contribution in [0.25, 0.3) is 5.65 Å². The molecule has 0 N–H and O–H groups in total. The highest BCUT2D eigenvalue weighted by molar-refractivity contribution is 8.00. The van der Waals surface area contributed by atoms with Crippen LogP contribution in [0, 0.1) is 0 Å². The molecule has 3 aliphatic rings. The molecule has 0 aromatic carbocycles. The second kappa shape index (κ2) is 6.13. The topological polar surface area (TPSA) is 55.4 Å². The third kappa shape index (κ3) is 2.31. The van der Waals surface area contributed by atoms with Crippen molar-refractivity contribution in [2.45, 2.75) is 66.8 Å². The number of allylic oxidation sites excluding steroid dienone is 1. The third-order valence-electron chi connectivity index (χ3n) is 5.45. The van der Waals surface area contributed by atoms with Gasteiger partial charge in [-0.3, -0.25) is 9.39 Å². The summed E-state index contributed by atoms with van der Waals surface area (Å²) >= 11 is 3.45. The van der Waals surface area contributed by atoms with E-state index in [1.54, 1.807) is 22.9 Å². The molecule has 1 aliphatic carbocycles. The van der Waals surface area contributed by atoms with Gasteiger partial charge in [0.05, 0.1) is 16.5 Å². The van der Waals surface area contributed by atoms with Gasteiger partial charge in [0.25, 0.3) is 0 Å². The van der Waals surface area contributed by atoms with Crippen LogP contribution in [-0.2, 0) is 0 Å². The minimum atomic E-state index is 0.242. The Morgan fingerprint density at radius 3 is 3.08 bits per heavy atom. The summed E-state index contributed by atoms with van der Waals surface area (Å²) in [5.74, 6) is 0.349. The molecule has 0 unspecified atom stereocenters. The number of rotatable bonds is 4. The lowest BCUT2D eigenvalue weighted by Crippen LogP contribution is -2.21. The van der Waals surface area contributed by atoms with Crippen molar-refractivity contribution in [3.05, 3.63) is 23.2 Å². The van der Waals surface area contributed by atoms with E-state index in [2.05, 4.69) is 17.1 Å². The van der Waals surface area contributed by atoms with E-state index in [0.29, 0.717) is 5.92 Å². The van der Waals surface area contributed by atoms with Crippen molar-refractivity contribution in [3.8, 4) is 0 Å². The molecule has 0 radical (unpaired) electrons. The molecule has 130 valence electrons. The van der Waals surface area contributed by atoms with Gasteiger partial charge in [0.2, 0.25) is 0 Å². The van der Waals surface area contributed by atoms with Gasteiger partial charge >= 0.3 is 0 Å². The van der Waals surface area contributed by atoms with Gasteiger partial charge < -0.3 is 0 Å². The van der Waals surface area contributed by atoms with Crippen LogP contribution >= 0.6 is 23.5 Å². The highest BCUT2D eigenvalue weighted by Crippen LogP contribution is 2.55. The number of unbranched alkanes of at least 4 members (excludes halogenated alkanes) is 1. The number of aromatic nitrogens is 4. The molecule has 5 rings (SSSR count). The first-order chi connectivity index (χ1) is 12.3. The quantitative estimate of drug-likeness (QED) is 0.741. The molecule has 2 aliphatic heterocycles. The first-order valence-electron chi connectivity index (χ1n) is 9.05. The maximum Gasteiger partial charge on any atom is 0.196 e. The number of aliphatic imine (C=N–C) groups is 1. The fraction of sp³-hybridized carbons (Fsp3) is 0.556. The first kappa shape index (κ1) is 15.9. The van der Waals surface area contributed by atoms with Crippen molar-refractivity contribution in [1.29, 1.82) is 0 Å². The van der Waals surface area contributed by atoms with Crippen LogP contribution in [0.4, 0.5) is 0 Å². The fourth-order valence-electron chi connectivity index (χ4n) is 4.30. The number of fused-ring (bicyclic) bond motifs is 6. The van der Waals surface area contributed by atoms with Gasteiger partial charge in [0, 0.05) is 5.71 Å². The van der Waals surface area contributed by atoms with E-state index in [1.807, 2.05) is 28.7 Å². The molecule has 2 aromatic heterocycles. The lowest BCUT2D eigenvalue weighted by molar-refractivity contribution is 0.692. The molecule has 0 spiro atoms. The number of nitrogens with zero attached hydrogens (tertiary/aromatic N) is 5. The molecule has 7 heteroatoms. The molecule has 0 bridgehead atoms. The monoisotopic (exact) mass is 371 g/mol. The Bertz CT molecular complexity index is 914. The molecule has 0 amide bonds. The number of hydrogen-bond donors (Lipinski definition) is 0. The first-order valence-corrected chi connectivity index (χ1v) is 11.2. The van der Waals surface area contributed by atoms with E-state index in [1.165, 1.54) is 48.4 Å². The molecule has 0 fully saturated rings. The van der Waals surface area contributed by atoms with Crippen molar-refractivity contribution in [2.75, 3.05) is 6.26 Å². The van der Waals surface area contributed by atoms with Gasteiger partial charge in [-0.1, -0.05) is 42.4 Å². The third-order valence-corrected chi connectivity index (χ3v) is 7.34. The summed E-state index contributed by atoms with van der Waals surface area (Å²) in [5.41, 5.74) is 6.66. The minimum absolute atomic E-state index is 0.242. The van der Waals surface area contributed by atoms with Crippen molar-refractivity contribution in [3.63, 3.8) is 0 Å². The van der Waals surface area contributed by atoms with Crippen molar-refractivity contribution in [2.24, 2.45) is 4.99 Å².